The number of benzene rings is 2. The fourth-order valence-electron chi connectivity index (χ4n) is 3.19. The third-order valence-corrected chi connectivity index (χ3v) is 4.45. The van der Waals surface area contributed by atoms with E-state index in [1.165, 1.54) is 12.1 Å². The lowest BCUT2D eigenvalue weighted by molar-refractivity contribution is -0.126. The van der Waals surface area contributed by atoms with Crippen LogP contribution in [0.4, 0.5) is 5.69 Å². The van der Waals surface area contributed by atoms with Crippen molar-refractivity contribution >= 4 is 17.6 Å². The monoisotopic (exact) mass is 339 g/mol. The van der Waals surface area contributed by atoms with Crippen molar-refractivity contribution in [2.45, 2.75) is 39.3 Å². The first-order valence-corrected chi connectivity index (χ1v) is 8.30. The van der Waals surface area contributed by atoms with Crippen LogP contribution in [-0.4, -0.2) is 29.1 Å². The number of rotatable bonds is 3. The van der Waals surface area contributed by atoms with Crippen LogP contribution in [-0.2, 0) is 16.0 Å². The number of phenolic OH excluding ortho intramolecular Hbond substituents is 1. The van der Waals surface area contributed by atoms with Gasteiger partial charge in [0.2, 0.25) is 0 Å². The van der Waals surface area contributed by atoms with E-state index in [0.717, 1.165) is 23.2 Å². The predicted molar refractivity (Wildman–Crippen MR) is 94.8 cm³/mol. The van der Waals surface area contributed by atoms with Gasteiger partial charge in [-0.05, 0) is 56.5 Å². The summed E-state index contributed by atoms with van der Waals surface area (Å²) >= 11 is 0. The summed E-state index contributed by atoms with van der Waals surface area (Å²) in [5, 5.41) is 9.90. The normalized spacial score (nSPS) is 17.1. The molecule has 0 fully saturated rings. The van der Waals surface area contributed by atoms with Crippen molar-refractivity contribution in [1.29, 1.82) is 0 Å². The molecule has 130 valence electrons. The average molecular weight is 339 g/mol. The van der Waals surface area contributed by atoms with Crippen molar-refractivity contribution in [2.24, 2.45) is 0 Å². The first-order valence-electron chi connectivity index (χ1n) is 8.30. The van der Waals surface area contributed by atoms with Gasteiger partial charge in [0.1, 0.15) is 11.3 Å². The number of amides is 1. The number of hydrogen-bond donors (Lipinski definition) is 1. The molecule has 0 unspecified atom stereocenters. The molecule has 0 radical (unpaired) electrons. The zero-order chi connectivity index (χ0) is 18.1. The summed E-state index contributed by atoms with van der Waals surface area (Å²) in [6.45, 7) is 5.34. The lowest BCUT2D eigenvalue weighted by atomic mass is 10.1. The quantitative estimate of drug-likeness (QED) is 0.872. The van der Waals surface area contributed by atoms with Crippen LogP contribution >= 0.6 is 0 Å². The zero-order valence-electron chi connectivity index (χ0n) is 14.5. The van der Waals surface area contributed by atoms with Crippen LogP contribution in [0.1, 0.15) is 35.3 Å². The lowest BCUT2D eigenvalue weighted by Gasteiger charge is -2.26. The van der Waals surface area contributed by atoms with E-state index in [1.807, 2.05) is 38.1 Å². The van der Waals surface area contributed by atoms with Crippen LogP contribution in [0.2, 0.25) is 0 Å². The van der Waals surface area contributed by atoms with Crippen LogP contribution < -0.4 is 4.90 Å². The number of nitrogens with zero attached hydrogens (tertiary/aromatic N) is 1. The molecule has 3 rings (SSSR count). The second-order valence-corrected chi connectivity index (χ2v) is 6.46. The molecule has 2 atom stereocenters. The van der Waals surface area contributed by atoms with E-state index < -0.39 is 12.1 Å². The fraction of sp³-hybridized carbons (Fsp3) is 0.300. The molecule has 25 heavy (non-hydrogen) atoms. The molecule has 0 saturated heterocycles. The molecule has 0 bridgehead atoms. The summed E-state index contributed by atoms with van der Waals surface area (Å²) in [5.74, 6) is -1.12. The zero-order valence-corrected chi connectivity index (χ0v) is 14.5. The molecule has 0 aliphatic carbocycles. The fourth-order valence-corrected chi connectivity index (χ4v) is 3.19. The third kappa shape index (κ3) is 3.22. The van der Waals surface area contributed by atoms with Crippen LogP contribution in [0.25, 0.3) is 0 Å². The van der Waals surface area contributed by atoms with Crippen molar-refractivity contribution in [3.05, 3.63) is 59.2 Å². The predicted octanol–water partition coefficient (Wildman–Crippen LogP) is 3.22. The van der Waals surface area contributed by atoms with Gasteiger partial charge in [0.05, 0.1) is 0 Å². The van der Waals surface area contributed by atoms with E-state index in [2.05, 4.69) is 0 Å². The molecule has 2 aromatic rings. The molecule has 0 aromatic heterocycles. The molecule has 0 spiro atoms. The Morgan fingerprint density at radius 2 is 1.96 bits per heavy atom. The Labute approximate surface area is 146 Å². The summed E-state index contributed by atoms with van der Waals surface area (Å²) in [6, 6.07) is 12.4. The van der Waals surface area contributed by atoms with Gasteiger partial charge < -0.3 is 14.7 Å². The molecule has 1 heterocycles. The van der Waals surface area contributed by atoms with Crippen molar-refractivity contribution in [3.63, 3.8) is 0 Å². The number of fused-ring (bicyclic) bond motifs is 1. The minimum atomic E-state index is -0.943. The standard InChI is InChI=1S/C20H21NO4/c1-12-8-9-16(18(22)10-12)20(24)25-14(3)19(23)21-13(2)11-15-6-4-5-7-17(15)21/h4-10,13-14,22H,11H2,1-3H3/t13-,14-/m1/s1. The SMILES string of the molecule is Cc1ccc(C(=O)O[C@H](C)C(=O)N2c3ccccc3C[C@H]2C)c(O)c1. The van der Waals surface area contributed by atoms with E-state index in [1.54, 1.807) is 17.9 Å². The molecule has 5 nitrogen and oxygen atoms in total. The second-order valence-electron chi connectivity index (χ2n) is 6.46. The number of carbonyl (C=O) groups excluding carboxylic acids is 2. The van der Waals surface area contributed by atoms with E-state index in [-0.39, 0.29) is 23.3 Å². The van der Waals surface area contributed by atoms with Crippen molar-refractivity contribution in [3.8, 4) is 5.75 Å². The molecule has 1 aliphatic rings. The van der Waals surface area contributed by atoms with E-state index in [4.69, 9.17) is 4.74 Å². The van der Waals surface area contributed by atoms with Gasteiger partial charge in [-0.25, -0.2) is 4.79 Å². The van der Waals surface area contributed by atoms with Gasteiger partial charge in [0.25, 0.3) is 5.91 Å². The van der Waals surface area contributed by atoms with Gasteiger partial charge in [0.15, 0.2) is 6.10 Å². The number of ether oxygens (including phenoxy) is 1. The van der Waals surface area contributed by atoms with Crippen LogP contribution in [0.5, 0.6) is 5.75 Å². The summed E-state index contributed by atoms with van der Waals surface area (Å²) in [4.78, 5) is 26.8. The Morgan fingerprint density at radius 1 is 1.24 bits per heavy atom. The summed E-state index contributed by atoms with van der Waals surface area (Å²) in [5.41, 5.74) is 2.86. The highest BCUT2D eigenvalue weighted by Gasteiger charge is 2.34. The van der Waals surface area contributed by atoms with Gasteiger partial charge in [-0.1, -0.05) is 24.3 Å². The molecule has 1 N–H and O–H groups in total. The van der Waals surface area contributed by atoms with Crippen molar-refractivity contribution in [2.75, 3.05) is 4.90 Å². The number of hydrogen-bond acceptors (Lipinski definition) is 4. The largest absolute Gasteiger partial charge is 0.507 e. The maximum Gasteiger partial charge on any atom is 0.342 e. The van der Waals surface area contributed by atoms with Crippen molar-refractivity contribution < 1.29 is 19.4 Å². The molecule has 5 heteroatoms. The summed E-state index contributed by atoms with van der Waals surface area (Å²) in [7, 11) is 0. The third-order valence-electron chi connectivity index (χ3n) is 4.45. The highest BCUT2D eigenvalue weighted by atomic mass is 16.5. The summed E-state index contributed by atoms with van der Waals surface area (Å²) in [6.07, 6.45) is -0.164. The Bertz CT molecular complexity index is 830. The highest BCUT2D eigenvalue weighted by molar-refractivity contribution is 6.01. The number of phenols is 1. The Kier molecular flexibility index (Phi) is 4.49. The van der Waals surface area contributed by atoms with E-state index >= 15 is 0 Å². The van der Waals surface area contributed by atoms with Gasteiger partial charge in [0, 0.05) is 11.7 Å². The maximum absolute atomic E-state index is 12.8. The summed E-state index contributed by atoms with van der Waals surface area (Å²) < 4.78 is 5.30. The smallest absolute Gasteiger partial charge is 0.342 e. The average Bonchev–Trinajstić information content (AvgIpc) is 2.89. The number of aryl methyl sites for hydroxylation is 1. The van der Waals surface area contributed by atoms with Crippen molar-refractivity contribution in [1.82, 2.24) is 0 Å². The van der Waals surface area contributed by atoms with Crippen LogP contribution in [0, 0.1) is 6.92 Å². The molecular formula is C20H21NO4. The Balaban J connectivity index is 1.76. The van der Waals surface area contributed by atoms with Crippen LogP contribution in [0.3, 0.4) is 0 Å². The molecule has 1 aliphatic heterocycles. The van der Waals surface area contributed by atoms with Crippen LogP contribution in [0.15, 0.2) is 42.5 Å². The first kappa shape index (κ1) is 17.0. The number of esters is 1. The Hall–Kier alpha value is -2.82. The number of aromatic hydroxyl groups is 1. The number of anilines is 1. The number of para-hydroxylation sites is 1. The number of carbonyl (C=O) groups is 2. The molecule has 2 aromatic carbocycles. The molecule has 1 amide bonds. The Morgan fingerprint density at radius 3 is 2.68 bits per heavy atom. The van der Waals surface area contributed by atoms with Gasteiger partial charge in [-0.15, -0.1) is 0 Å². The minimum Gasteiger partial charge on any atom is -0.507 e. The lowest BCUT2D eigenvalue weighted by Crippen LogP contribution is -2.43. The second kappa shape index (κ2) is 6.59. The molecule has 0 saturated carbocycles. The minimum absolute atomic E-state index is 0.0128. The van der Waals surface area contributed by atoms with Gasteiger partial charge in [-0.3, -0.25) is 4.79 Å². The van der Waals surface area contributed by atoms with Gasteiger partial charge >= 0.3 is 5.97 Å². The first-order chi connectivity index (χ1) is 11.9. The van der Waals surface area contributed by atoms with Gasteiger partial charge in [-0.2, -0.15) is 0 Å². The van der Waals surface area contributed by atoms with E-state index in [9.17, 15) is 14.7 Å². The van der Waals surface area contributed by atoms with E-state index in [0.29, 0.717) is 0 Å². The molecular weight excluding hydrogens is 318 g/mol. The topological polar surface area (TPSA) is 66.8 Å². The maximum atomic E-state index is 12.8. The highest BCUT2D eigenvalue weighted by Crippen LogP contribution is 2.32.